The van der Waals surface area contributed by atoms with Crippen LogP contribution in [-0.2, 0) is 5.60 Å². The second-order valence-corrected chi connectivity index (χ2v) is 4.50. The lowest BCUT2D eigenvalue weighted by Crippen LogP contribution is -2.52. The van der Waals surface area contributed by atoms with E-state index in [0.717, 1.165) is 6.08 Å². The lowest BCUT2D eigenvalue weighted by atomic mass is 9.70. The second kappa shape index (κ2) is 4.18. The molecule has 0 bridgehead atoms. The highest BCUT2D eigenvalue weighted by Gasteiger charge is 2.62. The summed E-state index contributed by atoms with van der Waals surface area (Å²) in [4.78, 5) is 0. The van der Waals surface area contributed by atoms with Crippen molar-refractivity contribution >= 4 is 0 Å². The van der Waals surface area contributed by atoms with E-state index >= 15 is 0 Å². The molecule has 17 heavy (non-hydrogen) atoms. The van der Waals surface area contributed by atoms with Gasteiger partial charge in [-0.2, -0.15) is 13.2 Å². The van der Waals surface area contributed by atoms with E-state index in [-0.39, 0.29) is 5.56 Å². The Hall–Kier alpha value is -1.29. The fourth-order valence-corrected chi connectivity index (χ4v) is 1.73. The fraction of sp³-hybridized carbons (Fsp3) is 0.385. The topological polar surface area (TPSA) is 20.2 Å². The first-order valence-corrected chi connectivity index (χ1v) is 5.15. The Morgan fingerprint density at radius 1 is 1.12 bits per heavy atom. The molecule has 0 heterocycles. The van der Waals surface area contributed by atoms with Crippen molar-refractivity contribution in [2.45, 2.75) is 25.6 Å². The van der Waals surface area contributed by atoms with Gasteiger partial charge in [0, 0.05) is 5.41 Å². The van der Waals surface area contributed by atoms with Gasteiger partial charge in [-0.1, -0.05) is 50.3 Å². The van der Waals surface area contributed by atoms with Crippen molar-refractivity contribution < 1.29 is 18.3 Å². The average Bonchev–Trinajstić information content (AvgIpc) is 2.27. The molecule has 0 aromatic heterocycles. The first kappa shape index (κ1) is 13.8. The smallest absolute Gasteiger partial charge is 0.376 e. The molecule has 0 aliphatic rings. The normalized spacial score (nSPS) is 16.4. The Morgan fingerprint density at radius 2 is 1.59 bits per heavy atom. The van der Waals surface area contributed by atoms with Crippen LogP contribution in [0.15, 0.2) is 43.0 Å². The number of benzene rings is 1. The average molecular weight is 244 g/mol. The second-order valence-electron chi connectivity index (χ2n) is 4.50. The Bertz CT molecular complexity index is 395. The van der Waals surface area contributed by atoms with Crippen LogP contribution in [-0.4, -0.2) is 11.3 Å². The maximum atomic E-state index is 13.2. The van der Waals surface area contributed by atoms with Gasteiger partial charge in [0.2, 0.25) is 0 Å². The molecule has 1 N–H and O–H groups in total. The molecule has 1 rings (SSSR count). The monoisotopic (exact) mass is 244 g/mol. The van der Waals surface area contributed by atoms with Crippen molar-refractivity contribution in [3.8, 4) is 0 Å². The molecule has 1 aromatic carbocycles. The molecule has 0 aliphatic heterocycles. The van der Waals surface area contributed by atoms with E-state index in [2.05, 4.69) is 6.58 Å². The van der Waals surface area contributed by atoms with E-state index in [9.17, 15) is 18.3 Å². The molecule has 4 heteroatoms. The Balaban J connectivity index is 3.47. The van der Waals surface area contributed by atoms with Crippen LogP contribution in [0.2, 0.25) is 0 Å². The van der Waals surface area contributed by atoms with Gasteiger partial charge < -0.3 is 5.11 Å². The van der Waals surface area contributed by atoms with E-state index in [0.29, 0.717) is 0 Å². The number of aliphatic hydroxyl groups is 1. The van der Waals surface area contributed by atoms with Gasteiger partial charge in [0.1, 0.15) is 0 Å². The zero-order valence-corrected chi connectivity index (χ0v) is 9.75. The van der Waals surface area contributed by atoms with Crippen LogP contribution in [0, 0.1) is 5.41 Å². The molecule has 1 unspecified atom stereocenters. The van der Waals surface area contributed by atoms with Gasteiger partial charge in [0.15, 0.2) is 5.60 Å². The lowest BCUT2D eigenvalue weighted by molar-refractivity contribution is -0.297. The summed E-state index contributed by atoms with van der Waals surface area (Å²) < 4.78 is 39.5. The van der Waals surface area contributed by atoms with Crippen molar-refractivity contribution in [1.29, 1.82) is 0 Å². The van der Waals surface area contributed by atoms with E-state index < -0.39 is 17.2 Å². The summed E-state index contributed by atoms with van der Waals surface area (Å²) in [6, 6.07) is 7.05. The molecule has 0 amide bonds. The summed E-state index contributed by atoms with van der Waals surface area (Å²) >= 11 is 0. The Labute approximate surface area is 98.6 Å². The number of alkyl halides is 3. The largest absolute Gasteiger partial charge is 0.422 e. The molecular formula is C13H15F3O. The highest BCUT2D eigenvalue weighted by Crippen LogP contribution is 2.51. The van der Waals surface area contributed by atoms with Crippen molar-refractivity contribution in [3.63, 3.8) is 0 Å². The summed E-state index contributed by atoms with van der Waals surface area (Å²) in [5, 5.41) is 10.2. The van der Waals surface area contributed by atoms with Crippen molar-refractivity contribution in [3.05, 3.63) is 48.6 Å². The predicted octanol–water partition coefficient (Wildman–Crippen LogP) is 3.65. The molecule has 1 atom stereocenters. The number of halogens is 3. The minimum absolute atomic E-state index is 0.183. The molecule has 0 radical (unpaired) electrons. The van der Waals surface area contributed by atoms with Gasteiger partial charge >= 0.3 is 6.18 Å². The van der Waals surface area contributed by atoms with Crippen LogP contribution < -0.4 is 0 Å². The summed E-state index contributed by atoms with van der Waals surface area (Å²) in [6.07, 6.45) is -3.65. The number of hydrogen-bond donors (Lipinski definition) is 1. The van der Waals surface area contributed by atoms with E-state index in [4.69, 9.17) is 0 Å². The van der Waals surface area contributed by atoms with Gasteiger partial charge in [-0.15, -0.1) is 6.58 Å². The highest BCUT2D eigenvalue weighted by molar-refractivity contribution is 5.29. The molecular weight excluding hydrogens is 229 g/mol. The lowest BCUT2D eigenvalue weighted by Gasteiger charge is -2.42. The Morgan fingerprint density at radius 3 is 1.94 bits per heavy atom. The molecule has 0 fully saturated rings. The van der Waals surface area contributed by atoms with Gasteiger partial charge in [0.25, 0.3) is 0 Å². The minimum Gasteiger partial charge on any atom is -0.376 e. The minimum atomic E-state index is -4.77. The summed E-state index contributed by atoms with van der Waals surface area (Å²) in [6.45, 7) is 5.99. The number of rotatable bonds is 3. The zero-order chi connectivity index (χ0) is 13.3. The van der Waals surface area contributed by atoms with Gasteiger partial charge in [0.05, 0.1) is 0 Å². The maximum Gasteiger partial charge on any atom is 0.422 e. The molecule has 0 aliphatic carbocycles. The van der Waals surface area contributed by atoms with Crippen LogP contribution >= 0.6 is 0 Å². The number of hydrogen-bond acceptors (Lipinski definition) is 1. The molecule has 1 aromatic rings. The van der Waals surface area contributed by atoms with Crippen LogP contribution in [0.5, 0.6) is 0 Å². The molecule has 0 saturated heterocycles. The zero-order valence-electron chi connectivity index (χ0n) is 9.75. The van der Waals surface area contributed by atoms with Gasteiger partial charge in [-0.05, 0) is 5.56 Å². The summed E-state index contributed by atoms with van der Waals surface area (Å²) in [5.41, 5.74) is -4.65. The molecule has 1 nitrogen and oxygen atoms in total. The quantitative estimate of drug-likeness (QED) is 0.805. The fourth-order valence-electron chi connectivity index (χ4n) is 1.73. The summed E-state index contributed by atoms with van der Waals surface area (Å²) in [7, 11) is 0. The van der Waals surface area contributed by atoms with Crippen LogP contribution in [0.3, 0.4) is 0 Å². The predicted molar refractivity (Wildman–Crippen MR) is 60.4 cm³/mol. The van der Waals surface area contributed by atoms with Crippen molar-refractivity contribution in [1.82, 2.24) is 0 Å². The van der Waals surface area contributed by atoms with E-state index in [1.165, 1.54) is 38.1 Å². The van der Waals surface area contributed by atoms with Crippen LogP contribution in [0.1, 0.15) is 19.4 Å². The van der Waals surface area contributed by atoms with Gasteiger partial charge in [-0.3, -0.25) is 0 Å². The first-order chi connectivity index (χ1) is 7.67. The van der Waals surface area contributed by atoms with Crippen molar-refractivity contribution in [2.24, 2.45) is 5.41 Å². The van der Waals surface area contributed by atoms with E-state index in [1.807, 2.05) is 0 Å². The van der Waals surface area contributed by atoms with E-state index in [1.54, 1.807) is 6.07 Å². The standard InChI is InChI=1S/C13H15F3O/c1-4-11(2,3)12(17,13(14,15)16)10-8-6-5-7-9-10/h4-9,17H,1H2,2-3H3. The van der Waals surface area contributed by atoms with Crippen LogP contribution in [0.25, 0.3) is 0 Å². The Kier molecular flexibility index (Phi) is 3.39. The first-order valence-electron chi connectivity index (χ1n) is 5.15. The third kappa shape index (κ3) is 2.09. The third-order valence-corrected chi connectivity index (χ3v) is 3.04. The molecule has 0 spiro atoms. The van der Waals surface area contributed by atoms with Gasteiger partial charge in [-0.25, -0.2) is 0 Å². The van der Waals surface area contributed by atoms with Crippen LogP contribution in [0.4, 0.5) is 13.2 Å². The third-order valence-electron chi connectivity index (χ3n) is 3.04. The maximum absolute atomic E-state index is 13.2. The molecule has 0 saturated carbocycles. The summed E-state index contributed by atoms with van der Waals surface area (Å²) in [5.74, 6) is 0. The highest BCUT2D eigenvalue weighted by atomic mass is 19.4. The molecule has 94 valence electrons. The van der Waals surface area contributed by atoms with Crippen molar-refractivity contribution in [2.75, 3.05) is 0 Å². The SMILES string of the molecule is C=CC(C)(C)C(O)(c1ccccc1)C(F)(F)F.